The lowest BCUT2D eigenvalue weighted by Crippen LogP contribution is -2.48. The van der Waals surface area contributed by atoms with Crippen molar-refractivity contribution in [2.75, 3.05) is 37.7 Å². The predicted octanol–water partition coefficient (Wildman–Crippen LogP) is 0.175. The average molecular weight is 242 g/mol. The minimum absolute atomic E-state index is 0.0365. The van der Waals surface area contributed by atoms with Crippen LogP contribution >= 0.6 is 11.8 Å². The van der Waals surface area contributed by atoms with Crippen LogP contribution in [0, 0.1) is 12.3 Å². The molecule has 1 fully saturated rings. The van der Waals surface area contributed by atoms with E-state index in [4.69, 9.17) is 11.5 Å². The van der Waals surface area contributed by atoms with Gasteiger partial charge in [0.1, 0.15) is 6.54 Å². The molecule has 0 unspecified atom stereocenters. The van der Waals surface area contributed by atoms with Gasteiger partial charge in [-0.25, -0.2) is 4.79 Å². The van der Waals surface area contributed by atoms with Crippen molar-refractivity contribution < 1.29 is 14.7 Å². The molecule has 0 aromatic carbocycles. The van der Waals surface area contributed by atoms with Crippen molar-refractivity contribution in [1.29, 1.82) is 0 Å². The van der Waals surface area contributed by atoms with Crippen molar-refractivity contribution in [2.24, 2.45) is 0 Å². The predicted molar refractivity (Wildman–Crippen MR) is 62.3 cm³/mol. The van der Waals surface area contributed by atoms with Crippen LogP contribution in [0.25, 0.3) is 0 Å². The quantitative estimate of drug-likeness (QED) is 0.717. The van der Waals surface area contributed by atoms with Crippen LogP contribution in [0.5, 0.6) is 0 Å². The van der Waals surface area contributed by atoms with E-state index >= 15 is 0 Å². The SMILES string of the molecule is C#CCN(CC(=O)O)C(=O)N1CCSCC1. The lowest BCUT2D eigenvalue weighted by atomic mass is 10.4. The molecule has 0 saturated carbocycles. The van der Waals surface area contributed by atoms with Crippen LogP contribution in [0.1, 0.15) is 0 Å². The molecule has 0 spiro atoms. The van der Waals surface area contributed by atoms with Crippen LogP contribution in [0.3, 0.4) is 0 Å². The summed E-state index contributed by atoms with van der Waals surface area (Å²) in [5.41, 5.74) is 0. The molecule has 1 aliphatic rings. The van der Waals surface area contributed by atoms with Crippen molar-refractivity contribution in [3.05, 3.63) is 0 Å². The lowest BCUT2D eigenvalue weighted by molar-refractivity contribution is -0.137. The number of carbonyl (C=O) groups excluding carboxylic acids is 1. The Morgan fingerprint density at radius 2 is 2.06 bits per heavy atom. The lowest BCUT2D eigenvalue weighted by Gasteiger charge is -2.31. The first kappa shape index (κ1) is 12.7. The summed E-state index contributed by atoms with van der Waals surface area (Å²) < 4.78 is 0. The highest BCUT2D eigenvalue weighted by atomic mass is 32.2. The van der Waals surface area contributed by atoms with E-state index in [9.17, 15) is 9.59 Å². The normalized spacial score (nSPS) is 15.3. The van der Waals surface area contributed by atoms with Crippen LogP contribution < -0.4 is 0 Å². The molecule has 1 N–H and O–H groups in total. The Morgan fingerprint density at radius 3 is 2.56 bits per heavy atom. The minimum Gasteiger partial charge on any atom is -0.480 e. The number of urea groups is 1. The summed E-state index contributed by atoms with van der Waals surface area (Å²) in [5.74, 6) is 3.04. The van der Waals surface area contributed by atoms with E-state index in [1.165, 1.54) is 4.90 Å². The topological polar surface area (TPSA) is 60.9 Å². The molecule has 1 heterocycles. The van der Waals surface area contributed by atoms with Gasteiger partial charge in [-0.1, -0.05) is 5.92 Å². The summed E-state index contributed by atoms with van der Waals surface area (Å²) in [4.78, 5) is 25.3. The Labute approximate surface area is 98.8 Å². The van der Waals surface area contributed by atoms with E-state index in [2.05, 4.69) is 5.92 Å². The number of hydrogen-bond donors (Lipinski definition) is 1. The van der Waals surface area contributed by atoms with E-state index in [0.717, 1.165) is 11.5 Å². The van der Waals surface area contributed by atoms with Crippen molar-refractivity contribution in [3.8, 4) is 12.3 Å². The number of rotatable bonds is 3. The minimum atomic E-state index is -1.05. The first-order valence-electron chi connectivity index (χ1n) is 4.92. The Morgan fingerprint density at radius 1 is 1.44 bits per heavy atom. The summed E-state index contributed by atoms with van der Waals surface area (Å²) in [7, 11) is 0. The molecule has 0 aromatic rings. The van der Waals surface area contributed by atoms with Crippen molar-refractivity contribution in [3.63, 3.8) is 0 Å². The molecule has 88 valence electrons. The highest BCUT2D eigenvalue weighted by molar-refractivity contribution is 7.99. The number of terminal acetylenes is 1. The molecular formula is C10H14N2O3S. The molecule has 2 amide bonds. The van der Waals surface area contributed by atoms with Gasteiger partial charge in [0.2, 0.25) is 0 Å². The summed E-state index contributed by atoms with van der Waals surface area (Å²) >= 11 is 1.79. The summed E-state index contributed by atoms with van der Waals surface area (Å²) in [6.45, 7) is 1.01. The number of carboxylic acid groups (broad SMARTS) is 1. The fourth-order valence-electron chi connectivity index (χ4n) is 1.42. The smallest absolute Gasteiger partial charge is 0.323 e. The van der Waals surface area contributed by atoms with E-state index in [0.29, 0.717) is 13.1 Å². The molecule has 5 nitrogen and oxygen atoms in total. The Balaban J connectivity index is 2.58. The van der Waals surface area contributed by atoms with E-state index in [1.807, 2.05) is 0 Å². The summed E-state index contributed by atoms with van der Waals surface area (Å²) in [6, 6.07) is -0.277. The van der Waals surface area contributed by atoms with E-state index in [1.54, 1.807) is 16.7 Å². The first-order chi connectivity index (χ1) is 7.65. The Bertz CT molecular complexity index is 308. The number of carboxylic acids is 1. The molecule has 1 saturated heterocycles. The summed E-state index contributed by atoms with van der Waals surface area (Å²) in [5, 5.41) is 8.67. The fourth-order valence-corrected chi connectivity index (χ4v) is 2.32. The molecule has 1 aliphatic heterocycles. The van der Waals surface area contributed by atoms with Gasteiger partial charge in [-0.3, -0.25) is 4.79 Å². The third-order valence-corrected chi connectivity index (χ3v) is 3.10. The van der Waals surface area contributed by atoms with Crippen LogP contribution in [-0.4, -0.2) is 64.6 Å². The molecule has 0 radical (unpaired) electrons. The maximum absolute atomic E-state index is 11.9. The number of nitrogens with zero attached hydrogens (tertiary/aromatic N) is 2. The zero-order valence-electron chi connectivity index (χ0n) is 8.89. The van der Waals surface area contributed by atoms with E-state index < -0.39 is 5.97 Å². The van der Waals surface area contributed by atoms with Crippen molar-refractivity contribution in [1.82, 2.24) is 9.80 Å². The molecule has 0 bridgehead atoms. The summed E-state index contributed by atoms with van der Waals surface area (Å²) in [6.07, 6.45) is 5.11. The van der Waals surface area contributed by atoms with Crippen molar-refractivity contribution >= 4 is 23.8 Å². The van der Waals surface area contributed by atoms with Crippen LogP contribution in [-0.2, 0) is 4.79 Å². The first-order valence-corrected chi connectivity index (χ1v) is 6.07. The zero-order valence-corrected chi connectivity index (χ0v) is 9.70. The zero-order chi connectivity index (χ0) is 12.0. The van der Waals surface area contributed by atoms with Crippen LogP contribution in [0.2, 0.25) is 0 Å². The number of amides is 2. The maximum Gasteiger partial charge on any atom is 0.323 e. The van der Waals surface area contributed by atoms with Gasteiger partial charge in [0.05, 0.1) is 6.54 Å². The van der Waals surface area contributed by atoms with E-state index in [-0.39, 0.29) is 19.1 Å². The molecule has 0 aliphatic carbocycles. The molecule has 16 heavy (non-hydrogen) atoms. The van der Waals surface area contributed by atoms with Gasteiger partial charge in [-0.2, -0.15) is 11.8 Å². The molecule has 6 heteroatoms. The Kier molecular flexibility index (Phi) is 4.99. The second kappa shape index (κ2) is 6.28. The molecule has 1 rings (SSSR count). The largest absolute Gasteiger partial charge is 0.480 e. The van der Waals surface area contributed by atoms with Gasteiger partial charge in [-0.05, 0) is 0 Å². The van der Waals surface area contributed by atoms with Crippen LogP contribution in [0.15, 0.2) is 0 Å². The standard InChI is InChI=1S/C10H14N2O3S/c1-2-3-12(8-9(13)14)10(15)11-4-6-16-7-5-11/h1H,3-8H2,(H,13,14). The third-order valence-electron chi connectivity index (χ3n) is 2.16. The van der Waals surface area contributed by atoms with Crippen molar-refractivity contribution in [2.45, 2.75) is 0 Å². The van der Waals surface area contributed by atoms with Gasteiger partial charge in [0.15, 0.2) is 0 Å². The second-order valence-electron chi connectivity index (χ2n) is 3.34. The maximum atomic E-state index is 11.9. The number of carbonyl (C=O) groups is 2. The van der Waals surface area contributed by atoms with Gasteiger partial charge >= 0.3 is 12.0 Å². The van der Waals surface area contributed by atoms with Crippen LogP contribution in [0.4, 0.5) is 4.79 Å². The highest BCUT2D eigenvalue weighted by Gasteiger charge is 2.23. The average Bonchev–Trinajstić information content (AvgIpc) is 2.28. The molecule has 0 aromatic heterocycles. The second-order valence-corrected chi connectivity index (χ2v) is 4.56. The van der Waals surface area contributed by atoms with Gasteiger partial charge in [0, 0.05) is 24.6 Å². The number of aliphatic carboxylic acids is 1. The fraction of sp³-hybridized carbons (Fsp3) is 0.600. The number of thioether (sulfide) groups is 1. The third kappa shape index (κ3) is 3.66. The molecule has 0 atom stereocenters. The van der Waals surface area contributed by atoms with Gasteiger partial charge in [-0.15, -0.1) is 6.42 Å². The number of hydrogen-bond acceptors (Lipinski definition) is 3. The molecular weight excluding hydrogens is 228 g/mol. The highest BCUT2D eigenvalue weighted by Crippen LogP contribution is 2.11. The van der Waals surface area contributed by atoms with Gasteiger partial charge in [0.25, 0.3) is 0 Å². The monoisotopic (exact) mass is 242 g/mol. The van der Waals surface area contributed by atoms with Gasteiger partial charge < -0.3 is 14.9 Å². The Hall–Kier alpha value is -1.35.